The zero-order chi connectivity index (χ0) is 22.6. The lowest BCUT2D eigenvalue weighted by Gasteiger charge is -2.29. The maximum atomic E-state index is 12.2. The topological polar surface area (TPSA) is 89.9 Å². The summed E-state index contributed by atoms with van der Waals surface area (Å²) in [5.41, 5.74) is 0.749. The molecular weight excluding hydrogens is 416 g/mol. The predicted molar refractivity (Wildman–Crippen MR) is 118 cm³/mol. The molecular formula is C24H26O6S. The third-order valence-corrected chi connectivity index (χ3v) is 6.54. The highest BCUT2D eigenvalue weighted by Gasteiger charge is 2.38. The summed E-state index contributed by atoms with van der Waals surface area (Å²) in [4.78, 5) is 11.0. The third kappa shape index (κ3) is 5.46. The van der Waals surface area contributed by atoms with Gasteiger partial charge in [0.05, 0.1) is 11.2 Å². The first-order chi connectivity index (χ1) is 14.6. The normalized spacial score (nSPS) is 20.5. The molecule has 0 radical (unpaired) electrons. The van der Waals surface area contributed by atoms with Crippen LogP contribution in [0.15, 0.2) is 42.5 Å². The molecule has 2 unspecified atom stereocenters. The van der Waals surface area contributed by atoms with Crippen LogP contribution in [0.4, 0.5) is 0 Å². The molecule has 0 saturated heterocycles. The van der Waals surface area contributed by atoms with E-state index in [-0.39, 0.29) is 5.56 Å². The van der Waals surface area contributed by atoms with E-state index >= 15 is 0 Å². The predicted octanol–water partition coefficient (Wildman–Crippen LogP) is 3.97. The molecule has 1 aliphatic heterocycles. The van der Waals surface area contributed by atoms with Gasteiger partial charge >= 0.3 is 5.97 Å². The lowest BCUT2D eigenvalue weighted by molar-refractivity contribution is -0.0421. The second kappa shape index (κ2) is 9.13. The van der Waals surface area contributed by atoms with Crippen LogP contribution >= 0.6 is 0 Å². The van der Waals surface area contributed by atoms with Crippen LogP contribution in [0.3, 0.4) is 0 Å². The number of benzene rings is 2. The molecule has 0 bridgehead atoms. The standard InChI is InChI=1S/C24H26O6S/c1-4-15-29-24(2)14-13-22(31(3,27)28)30-21-16-18(9-12-20(21)24)6-5-17-7-10-19(11-8-17)23(25)26/h7-12,16,22H,4,13-15H2,1-3H3,(H,25,26). The number of carboxylic acid groups (broad SMARTS) is 1. The SMILES string of the molecule is CCCOC1(C)CCC(S(C)(=O)=O)Oc2cc(C#Cc3ccc(C(=O)O)cc3)ccc21. The highest BCUT2D eigenvalue weighted by molar-refractivity contribution is 7.91. The van der Waals surface area contributed by atoms with Crippen LogP contribution in [0.5, 0.6) is 5.75 Å². The Balaban J connectivity index is 1.96. The number of fused-ring (bicyclic) bond motifs is 1. The van der Waals surface area contributed by atoms with E-state index in [1.165, 1.54) is 18.4 Å². The van der Waals surface area contributed by atoms with E-state index in [2.05, 4.69) is 11.8 Å². The summed E-state index contributed by atoms with van der Waals surface area (Å²) in [6, 6.07) is 11.8. The number of aromatic carboxylic acids is 1. The van der Waals surface area contributed by atoms with Crippen molar-refractivity contribution < 1.29 is 27.8 Å². The van der Waals surface area contributed by atoms with Gasteiger partial charge in [-0.1, -0.05) is 24.8 Å². The molecule has 0 fully saturated rings. The van der Waals surface area contributed by atoms with Gasteiger partial charge < -0.3 is 14.6 Å². The van der Waals surface area contributed by atoms with Gasteiger partial charge in [-0.3, -0.25) is 0 Å². The van der Waals surface area contributed by atoms with Gasteiger partial charge in [-0.2, -0.15) is 0 Å². The van der Waals surface area contributed by atoms with E-state index in [1.54, 1.807) is 18.2 Å². The van der Waals surface area contributed by atoms with Gasteiger partial charge in [0.25, 0.3) is 0 Å². The van der Waals surface area contributed by atoms with Crippen LogP contribution in [0.25, 0.3) is 0 Å². The van der Waals surface area contributed by atoms with Gasteiger partial charge in [-0.05, 0) is 56.2 Å². The maximum Gasteiger partial charge on any atom is 0.335 e. The fraction of sp³-hybridized carbons (Fsp3) is 0.375. The number of hydrogen-bond donors (Lipinski definition) is 1. The van der Waals surface area contributed by atoms with Crippen molar-refractivity contribution in [1.82, 2.24) is 0 Å². The van der Waals surface area contributed by atoms with Crippen molar-refractivity contribution in [3.8, 4) is 17.6 Å². The van der Waals surface area contributed by atoms with Gasteiger partial charge in [0, 0.05) is 36.0 Å². The van der Waals surface area contributed by atoms with Crippen LogP contribution in [0, 0.1) is 11.8 Å². The summed E-state index contributed by atoms with van der Waals surface area (Å²) < 4.78 is 36.5. The van der Waals surface area contributed by atoms with E-state index in [0.717, 1.165) is 12.0 Å². The van der Waals surface area contributed by atoms with E-state index in [0.29, 0.717) is 36.3 Å². The molecule has 164 valence electrons. The Labute approximate surface area is 183 Å². The number of hydrogen-bond acceptors (Lipinski definition) is 5. The summed E-state index contributed by atoms with van der Waals surface area (Å²) in [6.45, 7) is 4.55. The Bertz CT molecular complexity index is 1120. The molecule has 2 aromatic rings. The van der Waals surface area contributed by atoms with Crippen LogP contribution < -0.4 is 4.74 Å². The van der Waals surface area contributed by atoms with Crippen molar-refractivity contribution in [1.29, 1.82) is 0 Å². The molecule has 2 aromatic carbocycles. The summed E-state index contributed by atoms with van der Waals surface area (Å²) in [7, 11) is -3.40. The van der Waals surface area contributed by atoms with Crippen LogP contribution in [-0.4, -0.2) is 37.8 Å². The molecule has 0 amide bonds. The molecule has 1 heterocycles. The van der Waals surface area contributed by atoms with Crippen molar-refractivity contribution in [2.24, 2.45) is 0 Å². The zero-order valence-electron chi connectivity index (χ0n) is 17.8. The molecule has 3 rings (SSSR count). The largest absolute Gasteiger partial charge is 0.478 e. The number of ether oxygens (including phenoxy) is 2. The van der Waals surface area contributed by atoms with Crippen molar-refractivity contribution >= 4 is 15.8 Å². The number of carboxylic acids is 1. The number of rotatable bonds is 5. The lowest BCUT2D eigenvalue weighted by atomic mass is 9.90. The Morgan fingerprint density at radius 2 is 1.84 bits per heavy atom. The average molecular weight is 443 g/mol. The van der Waals surface area contributed by atoms with E-state index in [1.807, 2.05) is 26.0 Å². The lowest BCUT2D eigenvalue weighted by Crippen LogP contribution is -2.28. The van der Waals surface area contributed by atoms with E-state index < -0.39 is 26.8 Å². The van der Waals surface area contributed by atoms with Gasteiger partial charge in [0.1, 0.15) is 5.75 Å². The number of carbonyl (C=O) groups is 1. The highest BCUT2D eigenvalue weighted by atomic mass is 32.2. The molecule has 1 N–H and O–H groups in total. The fourth-order valence-corrected chi connectivity index (χ4v) is 4.31. The van der Waals surface area contributed by atoms with Gasteiger partial charge in [0.15, 0.2) is 15.3 Å². The van der Waals surface area contributed by atoms with Crippen LogP contribution in [0.2, 0.25) is 0 Å². The van der Waals surface area contributed by atoms with Crippen molar-refractivity contribution in [2.45, 2.75) is 44.1 Å². The first-order valence-corrected chi connectivity index (χ1v) is 12.1. The monoisotopic (exact) mass is 442 g/mol. The number of sulfone groups is 1. The summed E-state index contributed by atoms with van der Waals surface area (Å²) in [6.07, 6.45) is 2.90. The smallest absolute Gasteiger partial charge is 0.335 e. The maximum absolute atomic E-state index is 12.2. The highest BCUT2D eigenvalue weighted by Crippen LogP contribution is 2.41. The zero-order valence-corrected chi connectivity index (χ0v) is 18.7. The Kier molecular flexibility index (Phi) is 6.73. The minimum Gasteiger partial charge on any atom is -0.478 e. The van der Waals surface area contributed by atoms with Crippen molar-refractivity contribution in [3.63, 3.8) is 0 Å². The fourth-order valence-electron chi connectivity index (χ4n) is 3.48. The molecule has 6 nitrogen and oxygen atoms in total. The van der Waals surface area contributed by atoms with Crippen molar-refractivity contribution in [3.05, 3.63) is 64.7 Å². The van der Waals surface area contributed by atoms with Crippen LogP contribution in [-0.2, 0) is 20.2 Å². The molecule has 31 heavy (non-hydrogen) atoms. The van der Waals surface area contributed by atoms with Gasteiger partial charge in [0.2, 0.25) is 0 Å². The molecule has 1 aliphatic rings. The minimum atomic E-state index is -3.40. The Morgan fingerprint density at radius 3 is 2.45 bits per heavy atom. The summed E-state index contributed by atoms with van der Waals surface area (Å²) in [5.74, 6) is 5.50. The molecule has 2 atom stereocenters. The van der Waals surface area contributed by atoms with Gasteiger partial charge in [-0.25, -0.2) is 13.2 Å². The first-order valence-electron chi connectivity index (χ1n) is 10.1. The molecule has 0 saturated carbocycles. The molecule has 0 aromatic heterocycles. The molecule has 0 aliphatic carbocycles. The third-order valence-electron chi connectivity index (χ3n) is 5.25. The second-order valence-corrected chi connectivity index (χ2v) is 10.0. The molecule has 7 heteroatoms. The Morgan fingerprint density at radius 1 is 1.19 bits per heavy atom. The molecule has 0 spiro atoms. The summed E-state index contributed by atoms with van der Waals surface area (Å²) in [5, 5.41) is 8.99. The summed E-state index contributed by atoms with van der Waals surface area (Å²) >= 11 is 0. The first kappa shape index (κ1) is 22.9. The van der Waals surface area contributed by atoms with Crippen molar-refractivity contribution in [2.75, 3.05) is 12.9 Å². The average Bonchev–Trinajstić information content (AvgIpc) is 2.87. The quantitative estimate of drug-likeness (QED) is 0.705. The van der Waals surface area contributed by atoms with Crippen LogP contribution in [0.1, 0.15) is 60.2 Å². The Hall–Kier alpha value is -2.82. The minimum absolute atomic E-state index is 0.196. The van der Waals surface area contributed by atoms with E-state index in [4.69, 9.17) is 14.6 Å². The van der Waals surface area contributed by atoms with Gasteiger partial charge in [-0.15, -0.1) is 0 Å². The van der Waals surface area contributed by atoms with E-state index in [9.17, 15) is 13.2 Å². The second-order valence-electron chi connectivity index (χ2n) is 7.84.